The fraction of sp³-hybridized carbons (Fsp3) is 0.936. The molecule has 4 N–H and O–H groups in total. The van der Waals surface area contributed by atoms with Gasteiger partial charge in [0.1, 0.15) is 6.29 Å². The molecule has 0 amide bonds. The first-order valence-corrected chi connectivity index (χ1v) is 23.9. The summed E-state index contributed by atoms with van der Waals surface area (Å²) in [6.45, 7) is 10.9. The van der Waals surface area contributed by atoms with Gasteiger partial charge in [-0.05, 0) is 45.3 Å². The summed E-state index contributed by atoms with van der Waals surface area (Å²) >= 11 is 0. The Balaban J connectivity index is -0.00000176. The van der Waals surface area contributed by atoms with Gasteiger partial charge in [-0.1, -0.05) is 220 Å². The minimum absolute atomic E-state index is 0.250. The third-order valence-corrected chi connectivity index (χ3v) is 10.5. The zero-order valence-corrected chi connectivity index (χ0v) is 37.6. The Kier molecular flexibility index (Phi) is 59.4. The Labute approximate surface area is 343 Å². The normalized spacial score (nSPS) is 11.2. The lowest BCUT2D eigenvalue weighted by Gasteiger charge is -2.22. The highest BCUT2D eigenvalue weighted by atomic mass is 16.6. The number of hydrogen-bond acceptors (Lipinski definition) is 5. The van der Waals surface area contributed by atoms with E-state index in [4.69, 9.17) is 20.5 Å². The molecule has 0 aliphatic heterocycles. The number of nitrogens with one attached hydrogen (secondary N) is 1. The fourth-order valence-corrected chi connectivity index (χ4v) is 7.03. The summed E-state index contributed by atoms with van der Waals surface area (Å²) in [6.07, 6.45) is 50.4. The van der Waals surface area contributed by atoms with Crippen LogP contribution in [0.4, 0.5) is 0 Å². The molecule has 0 radical (unpaired) electrons. The summed E-state index contributed by atoms with van der Waals surface area (Å²) in [4.78, 5) is 30.1. The molecule has 0 heterocycles. The van der Waals surface area contributed by atoms with Gasteiger partial charge >= 0.3 is 0 Å². The van der Waals surface area contributed by atoms with Crippen LogP contribution in [0.3, 0.4) is 0 Å². The van der Waals surface area contributed by atoms with E-state index in [-0.39, 0.29) is 6.47 Å². The minimum atomic E-state index is -0.250. The van der Waals surface area contributed by atoms with E-state index in [9.17, 15) is 4.79 Å². The van der Waals surface area contributed by atoms with E-state index in [1.165, 1.54) is 225 Å². The van der Waals surface area contributed by atoms with Crippen molar-refractivity contribution in [3.8, 4) is 0 Å². The van der Waals surface area contributed by atoms with Gasteiger partial charge in [-0.25, -0.2) is 5.48 Å². The summed E-state index contributed by atoms with van der Waals surface area (Å²) in [7, 11) is 1.57. The van der Waals surface area contributed by atoms with E-state index >= 15 is 0 Å². The molecule has 0 aromatic carbocycles. The van der Waals surface area contributed by atoms with Gasteiger partial charge in [0.2, 0.25) is 5.96 Å². The van der Waals surface area contributed by atoms with Crippen molar-refractivity contribution in [3.63, 3.8) is 0 Å². The SMILES string of the molecule is CCCCCCCCC=O.CCCCCCCCCCCCCCCCN(CCCCCCCCCCCCCCCC)CCCN=C(N)NOC.O=CO. The smallest absolute Gasteiger partial charge is 0.290 e. The van der Waals surface area contributed by atoms with Crippen molar-refractivity contribution in [2.75, 3.05) is 33.3 Å². The third kappa shape index (κ3) is 59.2. The monoisotopic (exact) mass is 783 g/mol. The second kappa shape index (κ2) is 56.7. The number of rotatable bonds is 42. The number of guanidine groups is 1. The molecule has 0 aromatic rings. The van der Waals surface area contributed by atoms with Crippen molar-refractivity contribution in [2.45, 2.75) is 252 Å². The van der Waals surface area contributed by atoms with E-state index in [0.29, 0.717) is 5.96 Å². The van der Waals surface area contributed by atoms with Gasteiger partial charge in [0.25, 0.3) is 6.47 Å². The number of aliphatic imine (C=N–C) groups is 1. The second-order valence-corrected chi connectivity index (χ2v) is 15.8. The Morgan fingerprint density at radius 1 is 0.509 bits per heavy atom. The molecular formula is C47H98N4O4. The van der Waals surface area contributed by atoms with Crippen LogP contribution in [0, 0.1) is 0 Å². The number of carboxylic acid groups (broad SMARTS) is 1. The Morgan fingerprint density at radius 3 is 1.07 bits per heavy atom. The average molecular weight is 783 g/mol. The van der Waals surface area contributed by atoms with Crippen LogP contribution in [0.25, 0.3) is 0 Å². The van der Waals surface area contributed by atoms with Crippen LogP contribution in [0.2, 0.25) is 0 Å². The van der Waals surface area contributed by atoms with Crippen molar-refractivity contribution in [3.05, 3.63) is 0 Å². The van der Waals surface area contributed by atoms with Crippen molar-refractivity contribution >= 4 is 18.7 Å². The van der Waals surface area contributed by atoms with Gasteiger partial charge < -0.3 is 20.5 Å². The van der Waals surface area contributed by atoms with Crippen LogP contribution in [0.5, 0.6) is 0 Å². The first-order valence-electron chi connectivity index (χ1n) is 23.9. The highest BCUT2D eigenvalue weighted by Crippen LogP contribution is 2.15. The number of hydroxylamine groups is 1. The van der Waals surface area contributed by atoms with Crippen LogP contribution in [-0.2, 0) is 14.4 Å². The number of unbranched alkanes of at least 4 members (excludes halogenated alkanes) is 32. The van der Waals surface area contributed by atoms with Gasteiger partial charge in [-0.2, -0.15) is 0 Å². The van der Waals surface area contributed by atoms with Crippen LogP contribution >= 0.6 is 0 Å². The molecule has 0 saturated carbocycles. The molecule has 0 saturated heterocycles. The van der Waals surface area contributed by atoms with Gasteiger partial charge in [0.05, 0.1) is 7.11 Å². The van der Waals surface area contributed by atoms with Gasteiger partial charge in [0, 0.05) is 13.0 Å². The van der Waals surface area contributed by atoms with Crippen molar-refractivity contribution in [1.82, 2.24) is 10.4 Å². The Bertz CT molecular complexity index is 693. The van der Waals surface area contributed by atoms with Crippen molar-refractivity contribution in [2.24, 2.45) is 10.7 Å². The topological polar surface area (TPSA) is 117 Å². The predicted octanol–water partition coefficient (Wildman–Crippen LogP) is 13.7. The maximum absolute atomic E-state index is 9.89. The number of carbonyl (C=O) groups excluding carboxylic acids is 1. The van der Waals surface area contributed by atoms with Crippen LogP contribution < -0.4 is 11.2 Å². The zero-order chi connectivity index (χ0) is 41.0. The highest BCUT2D eigenvalue weighted by Gasteiger charge is 2.05. The third-order valence-electron chi connectivity index (χ3n) is 10.5. The standard InChI is InChI=1S/C37H78N4O.C9H18O.CH2O2/c1-4-6-8-10-12-14-16-18-20-22-24-26-28-30-34-41(36-32-33-39-37(38)40-42-3)35-31-29-27-25-23-21-19-17-15-13-11-9-7-5-2;1-2-3-4-5-6-7-8-9-10;2-1-3/h4-36H2,1-3H3,(H3,38,39,40);9H,2-8H2,1H3;1H,(H,2,3). The molecule has 0 spiro atoms. The van der Waals surface area contributed by atoms with Crippen LogP contribution in [0.15, 0.2) is 4.99 Å². The largest absolute Gasteiger partial charge is 0.483 e. The van der Waals surface area contributed by atoms with E-state index in [0.717, 1.165) is 38.6 Å². The van der Waals surface area contributed by atoms with E-state index in [1.54, 1.807) is 7.11 Å². The zero-order valence-electron chi connectivity index (χ0n) is 37.6. The Morgan fingerprint density at radius 2 is 0.782 bits per heavy atom. The summed E-state index contributed by atoms with van der Waals surface area (Å²) < 4.78 is 0. The molecule has 8 nitrogen and oxygen atoms in total. The quantitative estimate of drug-likeness (QED) is 0.0185. The van der Waals surface area contributed by atoms with E-state index in [2.05, 4.69) is 36.1 Å². The maximum Gasteiger partial charge on any atom is 0.290 e. The van der Waals surface area contributed by atoms with E-state index in [1.807, 2.05) is 0 Å². The first-order chi connectivity index (χ1) is 27.1. The molecule has 0 fully saturated rings. The number of aldehydes is 1. The molecule has 330 valence electrons. The van der Waals surface area contributed by atoms with Crippen LogP contribution in [-0.4, -0.2) is 62.0 Å². The molecule has 55 heavy (non-hydrogen) atoms. The number of nitrogens with two attached hydrogens (primary N) is 1. The van der Waals surface area contributed by atoms with E-state index < -0.39 is 0 Å². The maximum atomic E-state index is 9.89. The molecule has 0 atom stereocenters. The summed E-state index contributed by atoms with van der Waals surface area (Å²) in [5.41, 5.74) is 8.40. The number of hydrogen-bond donors (Lipinski definition) is 3. The van der Waals surface area contributed by atoms with Gasteiger partial charge in [-0.3, -0.25) is 14.6 Å². The predicted molar refractivity (Wildman–Crippen MR) is 241 cm³/mol. The molecule has 0 bridgehead atoms. The van der Waals surface area contributed by atoms with Crippen LogP contribution in [0.1, 0.15) is 252 Å². The number of nitrogens with zero attached hydrogens (tertiary/aromatic N) is 2. The van der Waals surface area contributed by atoms with Gasteiger partial charge in [0.15, 0.2) is 0 Å². The fourth-order valence-electron chi connectivity index (χ4n) is 7.03. The molecule has 0 aliphatic rings. The lowest BCUT2D eigenvalue weighted by molar-refractivity contribution is -0.122. The van der Waals surface area contributed by atoms with Gasteiger partial charge in [-0.15, -0.1) is 0 Å². The summed E-state index contributed by atoms with van der Waals surface area (Å²) in [5.74, 6) is 0.378. The molecular weight excluding hydrogens is 685 g/mol. The highest BCUT2D eigenvalue weighted by molar-refractivity contribution is 5.76. The average Bonchev–Trinajstić information content (AvgIpc) is 3.18. The minimum Gasteiger partial charge on any atom is -0.483 e. The van der Waals surface area contributed by atoms with Crippen molar-refractivity contribution < 1.29 is 19.5 Å². The van der Waals surface area contributed by atoms with Crippen molar-refractivity contribution in [1.29, 1.82) is 0 Å². The summed E-state index contributed by atoms with van der Waals surface area (Å²) in [5, 5.41) is 6.89. The first kappa shape index (κ1) is 57.7. The lowest BCUT2D eigenvalue weighted by Crippen LogP contribution is -2.31. The molecule has 0 aromatic heterocycles. The second-order valence-electron chi connectivity index (χ2n) is 15.8. The molecule has 8 heteroatoms. The molecule has 0 rings (SSSR count). The molecule has 0 unspecified atom stereocenters. The summed E-state index contributed by atoms with van der Waals surface area (Å²) in [6, 6.07) is 0. The molecule has 0 aliphatic carbocycles. The lowest BCUT2D eigenvalue weighted by atomic mass is 10.0. The Hall–Kier alpha value is -1.67. The number of carbonyl (C=O) groups is 2.